The second kappa shape index (κ2) is 12.4. The number of hydrogen-bond acceptors (Lipinski definition) is 4. The van der Waals surface area contributed by atoms with E-state index >= 15 is 0 Å². The minimum Gasteiger partial charge on any atom is -0.479 e. The quantitative estimate of drug-likeness (QED) is 0.157. The number of unbranched alkanes of at least 4 members (excludes halogenated alkanes) is 1. The number of aromatic amines is 1. The molecule has 0 unspecified atom stereocenters. The zero-order chi connectivity index (χ0) is 23.5. The minimum absolute atomic E-state index is 0.526. The van der Waals surface area contributed by atoms with Gasteiger partial charge in [-0.3, -0.25) is 10.0 Å². The van der Waals surface area contributed by atoms with Crippen molar-refractivity contribution < 1.29 is 25.0 Å². The maximum Gasteiger partial charge on any atom is 0.332 e. The molecule has 170 valence electrons. The number of carboxylic acids is 1. The van der Waals surface area contributed by atoms with Crippen molar-refractivity contribution >= 4 is 28.9 Å². The van der Waals surface area contributed by atoms with Crippen molar-refractivity contribution in [1.82, 2.24) is 10.5 Å². The highest BCUT2D eigenvalue weighted by Crippen LogP contribution is 2.23. The Bertz CT molecular complexity index is 1050. The number of carboxylic acid groups (broad SMARTS) is 1. The SMILES string of the molecule is C[C@@H](O)C(=O)O.Cc1[nH]c2ccccc2c1CCCCc1ccc(/C=C/C(=O)NO)cc1. The van der Waals surface area contributed by atoms with Crippen LogP contribution in [0, 0.1) is 6.92 Å². The van der Waals surface area contributed by atoms with Crippen molar-refractivity contribution in [3.8, 4) is 0 Å². The van der Waals surface area contributed by atoms with Gasteiger partial charge in [-0.1, -0.05) is 42.5 Å². The Kier molecular flexibility index (Phi) is 9.66. The van der Waals surface area contributed by atoms with Crippen molar-refractivity contribution in [2.75, 3.05) is 0 Å². The predicted molar refractivity (Wildman–Crippen MR) is 124 cm³/mol. The lowest BCUT2D eigenvalue weighted by atomic mass is 10.0. The van der Waals surface area contributed by atoms with Crippen LogP contribution in [0.4, 0.5) is 0 Å². The summed E-state index contributed by atoms with van der Waals surface area (Å²) in [5.41, 5.74) is 7.74. The van der Waals surface area contributed by atoms with Gasteiger partial charge in [0, 0.05) is 22.7 Å². The largest absolute Gasteiger partial charge is 0.479 e. The minimum atomic E-state index is -1.23. The monoisotopic (exact) mass is 438 g/mol. The number of H-pyrrole nitrogens is 1. The van der Waals surface area contributed by atoms with E-state index in [-0.39, 0.29) is 0 Å². The van der Waals surface area contributed by atoms with E-state index in [0.29, 0.717) is 0 Å². The fraction of sp³-hybridized carbons (Fsp3) is 0.280. The average molecular weight is 439 g/mol. The maximum atomic E-state index is 11.0. The van der Waals surface area contributed by atoms with E-state index in [0.717, 1.165) is 31.2 Å². The molecule has 32 heavy (non-hydrogen) atoms. The number of benzene rings is 2. The van der Waals surface area contributed by atoms with Crippen LogP contribution >= 0.6 is 0 Å². The van der Waals surface area contributed by atoms with Crippen LogP contribution in [0.15, 0.2) is 54.6 Å². The number of aliphatic hydroxyl groups excluding tert-OH is 1. The number of carbonyl (C=O) groups is 2. The molecule has 7 heteroatoms. The van der Waals surface area contributed by atoms with Crippen molar-refractivity contribution in [1.29, 1.82) is 0 Å². The molecule has 1 atom stereocenters. The summed E-state index contributed by atoms with van der Waals surface area (Å²) in [5, 5.41) is 25.6. The Morgan fingerprint density at radius 3 is 2.31 bits per heavy atom. The van der Waals surface area contributed by atoms with Crippen LogP contribution in [-0.4, -0.2) is 38.4 Å². The summed E-state index contributed by atoms with van der Waals surface area (Å²) in [6, 6.07) is 16.6. The number of nitrogens with one attached hydrogen (secondary N) is 2. The van der Waals surface area contributed by atoms with Gasteiger partial charge in [0.2, 0.25) is 0 Å². The number of fused-ring (bicyclic) bond motifs is 1. The lowest BCUT2D eigenvalue weighted by Gasteiger charge is -2.04. The highest BCUT2D eigenvalue weighted by atomic mass is 16.5. The molecular weight excluding hydrogens is 408 g/mol. The number of rotatable bonds is 8. The zero-order valence-corrected chi connectivity index (χ0v) is 18.3. The van der Waals surface area contributed by atoms with E-state index in [1.54, 1.807) is 11.6 Å². The third-order valence-electron chi connectivity index (χ3n) is 5.04. The molecule has 0 aliphatic heterocycles. The molecule has 0 aliphatic rings. The van der Waals surface area contributed by atoms with Gasteiger partial charge < -0.3 is 15.2 Å². The van der Waals surface area contributed by atoms with Gasteiger partial charge in [-0.25, -0.2) is 10.3 Å². The molecule has 5 N–H and O–H groups in total. The second-order valence-electron chi connectivity index (χ2n) is 7.55. The highest BCUT2D eigenvalue weighted by Gasteiger charge is 2.07. The zero-order valence-electron chi connectivity index (χ0n) is 18.3. The van der Waals surface area contributed by atoms with Gasteiger partial charge >= 0.3 is 5.97 Å². The number of hydroxylamine groups is 1. The smallest absolute Gasteiger partial charge is 0.332 e. The lowest BCUT2D eigenvalue weighted by Crippen LogP contribution is -2.14. The molecule has 2 aromatic carbocycles. The number of para-hydroxylation sites is 1. The Balaban J connectivity index is 0.000000534. The number of aliphatic carboxylic acids is 1. The highest BCUT2D eigenvalue weighted by molar-refractivity contribution is 5.90. The van der Waals surface area contributed by atoms with Gasteiger partial charge in [-0.15, -0.1) is 0 Å². The van der Waals surface area contributed by atoms with Crippen LogP contribution in [0.5, 0.6) is 0 Å². The second-order valence-corrected chi connectivity index (χ2v) is 7.55. The third kappa shape index (κ3) is 7.68. The fourth-order valence-corrected chi connectivity index (χ4v) is 3.29. The van der Waals surface area contributed by atoms with Gasteiger partial charge in [-0.05, 0) is 68.4 Å². The molecule has 0 fully saturated rings. The number of carbonyl (C=O) groups excluding carboxylic acids is 1. The first kappa shape index (κ1) is 24.8. The molecule has 1 amide bonds. The van der Waals surface area contributed by atoms with Gasteiger partial charge in [0.05, 0.1) is 0 Å². The average Bonchev–Trinajstić information content (AvgIpc) is 3.11. The van der Waals surface area contributed by atoms with Crippen LogP contribution in [0.2, 0.25) is 0 Å². The van der Waals surface area contributed by atoms with Crippen LogP contribution < -0.4 is 5.48 Å². The van der Waals surface area contributed by atoms with Gasteiger partial charge in [-0.2, -0.15) is 0 Å². The molecule has 1 aromatic heterocycles. The van der Waals surface area contributed by atoms with E-state index in [1.165, 1.54) is 40.7 Å². The molecule has 1 heterocycles. The summed E-state index contributed by atoms with van der Waals surface area (Å²) in [6.07, 6.45) is 6.18. The normalized spacial score (nSPS) is 11.8. The van der Waals surface area contributed by atoms with E-state index in [1.807, 2.05) is 12.1 Å². The molecule has 0 saturated heterocycles. The molecule has 0 saturated carbocycles. The number of aromatic nitrogens is 1. The standard InChI is InChI=1S/C22H24N2O2.C3H6O3/c1-16-19(20-8-4-5-9-21(20)23-16)7-3-2-6-17-10-12-18(13-11-17)14-15-22(25)24-26;1-2(4)3(5)6/h4-5,8-15,23,26H,2-3,6-7H2,1H3,(H,24,25);2,4H,1H3,(H,5,6)/b15-14+;/t;2-/m.1/s1. The van der Waals surface area contributed by atoms with Crippen molar-refractivity contribution in [2.45, 2.75) is 45.6 Å². The molecule has 0 radical (unpaired) electrons. The molecule has 0 bridgehead atoms. The fourth-order valence-electron chi connectivity index (χ4n) is 3.29. The molecule has 0 spiro atoms. The Labute approximate surface area is 187 Å². The Morgan fingerprint density at radius 1 is 1.06 bits per heavy atom. The van der Waals surface area contributed by atoms with Crippen LogP contribution in [-0.2, 0) is 22.4 Å². The molecular formula is C25H30N2O5. The number of aryl methyl sites for hydroxylation is 3. The summed E-state index contributed by atoms with van der Waals surface area (Å²) in [6.45, 7) is 3.35. The van der Waals surface area contributed by atoms with E-state index in [2.05, 4.69) is 48.3 Å². The molecule has 0 aliphatic carbocycles. The topological polar surface area (TPSA) is 123 Å². The number of amides is 1. The van der Waals surface area contributed by atoms with E-state index in [9.17, 15) is 9.59 Å². The maximum absolute atomic E-state index is 11.0. The van der Waals surface area contributed by atoms with Crippen LogP contribution in [0.3, 0.4) is 0 Å². The summed E-state index contributed by atoms with van der Waals surface area (Å²) >= 11 is 0. The summed E-state index contributed by atoms with van der Waals surface area (Å²) in [4.78, 5) is 23.9. The van der Waals surface area contributed by atoms with Gasteiger partial charge in [0.25, 0.3) is 5.91 Å². The summed E-state index contributed by atoms with van der Waals surface area (Å²) in [5.74, 6) is -1.71. The van der Waals surface area contributed by atoms with Crippen molar-refractivity contribution in [3.05, 3.63) is 77.0 Å². The van der Waals surface area contributed by atoms with Gasteiger partial charge in [0.15, 0.2) is 0 Å². The first-order valence-electron chi connectivity index (χ1n) is 10.5. The number of aliphatic hydroxyl groups is 1. The predicted octanol–water partition coefficient (Wildman–Crippen LogP) is 4.01. The Morgan fingerprint density at radius 2 is 1.69 bits per heavy atom. The summed E-state index contributed by atoms with van der Waals surface area (Å²) in [7, 11) is 0. The third-order valence-corrected chi connectivity index (χ3v) is 5.04. The first-order chi connectivity index (χ1) is 15.3. The van der Waals surface area contributed by atoms with E-state index in [4.69, 9.17) is 15.4 Å². The van der Waals surface area contributed by atoms with Gasteiger partial charge in [0.1, 0.15) is 6.10 Å². The van der Waals surface area contributed by atoms with Crippen molar-refractivity contribution in [3.63, 3.8) is 0 Å². The first-order valence-corrected chi connectivity index (χ1v) is 10.5. The lowest BCUT2D eigenvalue weighted by molar-refractivity contribution is -0.145. The van der Waals surface area contributed by atoms with Crippen molar-refractivity contribution in [2.24, 2.45) is 0 Å². The van der Waals surface area contributed by atoms with E-state index < -0.39 is 18.0 Å². The Hall–Kier alpha value is -3.42. The van der Waals surface area contributed by atoms with Crippen LogP contribution in [0.1, 0.15) is 42.1 Å². The molecule has 7 nitrogen and oxygen atoms in total. The number of hydrogen-bond donors (Lipinski definition) is 5. The summed E-state index contributed by atoms with van der Waals surface area (Å²) < 4.78 is 0. The van der Waals surface area contributed by atoms with Crippen LogP contribution in [0.25, 0.3) is 17.0 Å². The molecule has 3 aromatic rings. The molecule has 3 rings (SSSR count).